The predicted molar refractivity (Wildman–Crippen MR) is 72.9 cm³/mol. The number of carbonyl (C=O) groups excluding carboxylic acids is 1. The molecule has 0 aromatic carbocycles. The Bertz CT molecular complexity index is 447. The molecule has 2 unspecified atom stereocenters. The molecule has 2 heterocycles. The van der Waals surface area contributed by atoms with Gasteiger partial charge >= 0.3 is 5.97 Å². The van der Waals surface area contributed by atoms with Crippen LogP contribution in [0, 0.1) is 5.92 Å². The van der Waals surface area contributed by atoms with Gasteiger partial charge in [0, 0.05) is 10.9 Å². The topological polar surface area (TPSA) is 69.6 Å². The minimum atomic E-state index is -0.769. The second-order valence-electron chi connectivity index (χ2n) is 4.80. The average Bonchev–Trinajstić information content (AvgIpc) is 2.98. The normalized spacial score (nSPS) is 23.4. The largest absolute Gasteiger partial charge is 0.481 e. The first-order valence-corrected chi connectivity index (χ1v) is 7.22. The molecule has 0 saturated carbocycles. The van der Waals surface area contributed by atoms with Crippen LogP contribution in [0.1, 0.15) is 18.2 Å². The molecule has 1 aliphatic rings. The molecule has 0 bridgehead atoms. The van der Waals surface area contributed by atoms with Crippen molar-refractivity contribution in [3.8, 4) is 0 Å². The van der Waals surface area contributed by atoms with Crippen LogP contribution in [0.5, 0.6) is 0 Å². The molecule has 1 aromatic rings. The molecule has 1 fully saturated rings. The van der Waals surface area contributed by atoms with Gasteiger partial charge in [-0.15, -0.1) is 11.3 Å². The highest BCUT2D eigenvalue weighted by molar-refractivity contribution is 7.09. The van der Waals surface area contributed by atoms with E-state index in [1.54, 1.807) is 11.3 Å². The van der Waals surface area contributed by atoms with Crippen LogP contribution in [-0.2, 0) is 16.1 Å². The van der Waals surface area contributed by atoms with Gasteiger partial charge in [-0.2, -0.15) is 0 Å². The highest BCUT2D eigenvalue weighted by Gasteiger charge is 2.36. The maximum absolute atomic E-state index is 11.8. The number of nitrogens with zero attached hydrogens (tertiary/aromatic N) is 1. The number of nitrogens with one attached hydrogen (secondary N) is 1. The van der Waals surface area contributed by atoms with E-state index in [2.05, 4.69) is 5.32 Å². The summed E-state index contributed by atoms with van der Waals surface area (Å²) in [4.78, 5) is 25.9. The minimum absolute atomic E-state index is 0.0497. The smallest absolute Gasteiger partial charge is 0.308 e. The van der Waals surface area contributed by atoms with Crippen LogP contribution < -0.4 is 5.32 Å². The van der Waals surface area contributed by atoms with Gasteiger partial charge in [0.15, 0.2) is 0 Å². The molecule has 6 heteroatoms. The summed E-state index contributed by atoms with van der Waals surface area (Å²) in [6.45, 7) is 3.36. The second-order valence-corrected chi connectivity index (χ2v) is 5.83. The van der Waals surface area contributed by atoms with Crippen molar-refractivity contribution in [3.63, 3.8) is 0 Å². The summed E-state index contributed by atoms with van der Waals surface area (Å²) in [6, 6.07) is 3.85. The zero-order chi connectivity index (χ0) is 13.8. The van der Waals surface area contributed by atoms with Crippen LogP contribution in [0.25, 0.3) is 0 Å². The standard InChI is InChI=1S/C13H18N2O3S/c1-9-11(13(17)18)4-5-15(9)8-12(16)14-7-10-3-2-6-19-10/h2-3,6,9,11H,4-5,7-8H2,1H3,(H,14,16)(H,17,18). The zero-order valence-corrected chi connectivity index (χ0v) is 11.7. The summed E-state index contributed by atoms with van der Waals surface area (Å²) < 4.78 is 0. The number of rotatable bonds is 5. The molecule has 1 aliphatic heterocycles. The Hall–Kier alpha value is -1.40. The highest BCUT2D eigenvalue weighted by atomic mass is 32.1. The van der Waals surface area contributed by atoms with Crippen molar-refractivity contribution in [2.75, 3.05) is 13.1 Å². The lowest BCUT2D eigenvalue weighted by Gasteiger charge is -2.22. The van der Waals surface area contributed by atoms with E-state index in [1.807, 2.05) is 29.3 Å². The summed E-state index contributed by atoms with van der Waals surface area (Å²) >= 11 is 1.61. The maximum Gasteiger partial charge on any atom is 0.308 e. The molecule has 5 nitrogen and oxygen atoms in total. The monoisotopic (exact) mass is 282 g/mol. The van der Waals surface area contributed by atoms with E-state index >= 15 is 0 Å². The lowest BCUT2D eigenvalue weighted by atomic mass is 10.0. The molecular weight excluding hydrogens is 264 g/mol. The number of hydrogen-bond donors (Lipinski definition) is 2. The molecule has 104 valence electrons. The van der Waals surface area contributed by atoms with E-state index in [0.29, 0.717) is 19.5 Å². The van der Waals surface area contributed by atoms with Crippen molar-refractivity contribution in [2.45, 2.75) is 25.9 Å². The molecule has 1 amide bonds. The lowest BCUT2D eigenvalue weighted by Crippen LogP contribution is -2.40. The summed E-state index contributed by atoms with van der Waals surface area (Å²) in [6.07, 6.45) is 0.620. The fourth-order valence-corrected chi connectivity index (χ4v) is 3.04. The van der Waals surface area contributed by atoms with Gasteiger partial charge < -0.3 is 10.4 Å². The number of carbonyl (C=O) groups is 2. The average molecular weight is 282 g/mol. The third-order valence-corrected chi connectivity index (χ3v) is 4.47. The molecule has 2 N–H and O–H groups in total. The van der Waals surface area contributed by atoms with Crippen LogP contribution in [0.3, 0.4) is 0 Å². The van der Waals surface area contributed by atoms with Gasteiger partial charge in [-0.25, -0.2) is 0 Å². The number of aliphatic carboxylic acids is 1. The van der Waals surface area contributed by atoms with Gasteiger partial charge in [-0.1, -0.05) is 6.07 Å². The van der Waals surface area contributed by atoms with E-state index in [-0.39, 0.29) is 24.4 Å². The van der Waals surface area contributed by atoms with Gasteiger partial charge in [0.2, 0.25) is 5.91 Å². The Morgan fingerprint density at radius 2 is 2.37 bits per heavy atom. The molecule has 0 spiro atoms. The van der Waals surface area contributed by atoms with Crippen molar-refractivity contribution >= 4 is 23.2 Å². The van der Waals surface area contributed by atoms with Gasteiger partial charge in [-0.3, -0.25) is 14.5 Å². The summed E-state index contributed by atoms with van der Waals surface area (Å²) in [5.74, 6) is -1.18. The van der Waals surface area contributed by atoms with Crippen LogP contribution in [-0.4, -0.2) is 41.0 Å². The quantitative estimate of drug-likeness (QED) is 0.850. The third-order valence-electron chi connectivity index (χ3n) is 3.59. The van der Waals surface area contributed by atoms with Crippen molar-refractivity contribution in [2.24, 2.45) is 5.92 Å². The number of carboxylic acids is 1. The molecule has 0 aliphatic carbocycles. The highest BCUT2D eigenvalue weighted by Crippen LogP contribution is 2.23. The molecule has 1 saturated heterocycles. The number of hydrogen-bond acceptors (Lipinski definition) is 4. The third kappa shape index (κ3) is 3.54. The van der Waals surface area contributed by atoms with Crippen LogP contribution >= 0.6 is 11.3 Å². The molecule has 0 radical (unpaired) electrons. The Morgan fingerprint density at radius 1 is 1.58 bits per heavy atom. The molecule has 19 heavy (non-hydrogen) atoms. The Kier molecular flexibility index (Phi) is 4.55. The molecule has 2 rings (SSSR count). The van der Waals surface area contributed by atoms with Crippen molar-refractivity contribution in [3.05, 3.63) is 22.4 Å². The maximum atomic E-state index is 11.8. The van der Waals surface area contributed by atoms with Crippen molar-refractivity contribution in [1.29, 1.82) is 0 Å². The number of likely N-dealkylation sites (tertiary alicyclic amines) is 1. The number of thiophene rings is 1. The van der Waals surface area contributed by atoms with Crippen LogP contribution in [0.15, 0.2) is 17.5 Å². The minimum Gasteiger partial charge on any atom is -0.481 e. The SMILES string of the molecule is CC1C(C(=O)O)CCN1CC(=O)NCc1cccs1. The van der Waals surface area contributed by atoms with Gasteiger partial charge in [-0.05, 0) is 31.3 Å². The Labute approximate surface area is 116 Å². The summed E-state index contributed by atoms with van der Waals surface area (Å²) in [5, 5.41) is 13.9. The number of amides is 1. The first-order valence-electron chi connectivity index (χ1n) is 6.34. The van der Waals surface area contributed by atoms with Crippen LogP contribution in [0.4, 0.5) is 0 Å². The molecule has 1 aromatic heterocycles. The van der Waals surface area contributed by atoms with E-state index in [1.165, 1.54) is 0 Å². The van der Waals surface area contributed by atoms with Gasteiger partial charge in [0.05, 0.1) is 19.0 Å². The van der Waals surface area contributed by atoms with E-state index in [4.69, 9.17) is 5.11 Å². The Morgan fingerprint density at radius 3 is 2.95 bits per heavy atom. The van der Waals surface area contributed by atoms with Gasteiger partial charge in [0.1, 0.15) is 0 Å². The first-order chi connectivity index (χ1) is 9.08. The predicted octanol–water partition coefficient (Wildman–Crippen LogP) is 1.16. The Balaban J connectivity index is 1.78. The van der Waals surface area contributed by atoms with Crippen LogP contribution in [0.2, 0.25) is 0 Å². The fraction of sp³-hybridized carbons (Fsp3) is 0.538. The van der Waals surface area contributed by atoms with Gasteiger partial charge in [0.25, 0.3) is 0 Å². The first kappa shape index (κ1) is 14.0. The van der Waals surface area contributed by atoms with E-state index in [0.717, 1.165) is 4.88 Å². The van der Waals surface area contributed by atoms with E-state index in [9.17, 15) is 9.59 Å². The van der Waals surface area contributed by atoms with Crippen molar-refractivity contribution < 1.29 is 14.7 Å². The molecule has 2 atom stereocenters. The van der Waals surface area contributed by atoms with Crippen molar-refractivity contribution in [1.82, 2.24) is 10.2 Å². The fourth-order valence-electron chi connectivity index (χ4n) is 2.40. The zero-order valence-electron chi connectivity index (χ0n) is 10.8. The second kappa shape index (κ2) is 6.16. The summed E-state index contributed by atoms with van der Waals surface area (Å²) in [7, 11) is 0. The number of carboxylic acid groups (broad SMARTS) is 1. The lowest BCUT2D eigenvalue weighted by molar-refractivity contribution is -0.142. The van der Waals surface area contributed by atoms with E-state index < -0.39 is 5.97 Å². The molecular formula is C13H18N2O3S. The summed E-state index contributed by atoms with van der Waals surface area (Å²) in [5.41, 5.74) is 0.